The molecular weight excluding hydrogens is 454 g/mol. The molecule has 170 valence electrons. The van der Waals surface area contributed by atoms with Gasteiger partial charge in [-0.2, -0.15) is 5.10 Å². The number of anilines is 1. The summed E-state index contributed by atoms with van der Waals surface area (Å²) >= 11 is 5.98. The van der Waals surface area contributed by atoms with E-state index in [9.17, 15) is 18.0 Å². The number of esters is 1. The summed E-state index contributed by atoms with van der Waals surface area (Å²) in [6.45, 7) is 3.70. The van der Waals surface area contributed by atoms with Gasteiger partial charge in [0.05, 0.1) is 23.8 Å². The SMILES string of the molecule is CCOC(=O)C1(C)CN(CC(=O)Nc2cccc(S(C)(=O)=O)c2)N=C1c1ccc(Cl)cc1. The minimum atomic E-state index is -3.40. The summed E-state index contributed by atoms with van der Waals surface area (Å²) < 4.78 is 28.7. The van der Waals surface area contributed by atoms with Crippen molar-refractivity contribution in [3.05, 3.63) is 59.1 Å². The van der Waals surface area contributed by atoms with E-state index in [1.54, 1.807) is 50.2 Å². The maximum absolute atomic E-state index is 12.8. The first-order valence-electron chi connectivity index (χ1n) is 9.90. The van der Waals surface area contributed by atoms with Crippen molar-refractivity contribution in [3.8, 4) is 0 Å². The van der Waals surface area contributed by atoms with Crippen molar-refractivity contribution in [2.45, 2.75) is 18.7 Å². The lowest BCUT2D eigenvalue weighted by Gasteiger charge is -2.24. The number of nitrogens with zero attached hydrogens (tertiary/aromatic N) is 2. The van der Waals surface area contributed by atoms with Crippen LogP contribution in [0.25, 0.3) is 0 Å². The van der Waals surface area contributed by atoms with Crippen LogP contribution in [0.4, 0.5) is 5.69 Å². The molecule has 0 spiro atoms. The number of carbonyl (C=O) groups excluding carboxylic acids is 2. The minimum absolute atomic E-state index is 0.106. The molecule has 0 fully saturated rings. The Balaban J connectivity index is 1.81. The van der Waals surface area contributed by atoms with Crippen LogP contribution in [0.15, 0.2) is 58.5 Å². The number of carbonyl (C=O) groups is 2. The average molecular weight is 478 g/mol. The lowest BCUT2D eigenvalue weighted by atomic mass is 9.82. The fourth-order valence-electron chi connectivity index (χ4n) is 3.42. The molecule has 32 heavy (non-hydrogen) atoms. The second kappa shape index (κ2) is 9.30. The van der Waals surface area contributed by atoms with Crippen LogP contribution < -0.4 is 5.32 Å². The molecule has 3 rings (SSSR count). The molecule has 2 aromatic rings. The summed E-state index contributed by atoms with van der Waals surface area (Å²) in [6.07, 6.45) is 1.10. The topological polar surface area (TPSA) is 105 Å². The molecule has 10 heteroatoms. The van der Waals surface area contributed by atoms with E-state index in [4.69, 9.17) is 16.3 Å². The van der Waals surface area contributed by atoms with Gasteiger partial charge in [-0.1, -0.05) is 29.8 Å². The van der Waals surface area contributed by atoms with Crippen LogP contribution >= 0.6 is 11.6 Å². The van der Waals surface area contributed by atoms with Gasteiger partial charge in [-0.3, -0.25) is 14.6 Å². The van der Waals surface area contributed by atoms with Gasteiger partial charge < -0.3 is 10.1 Å². The van der Waals surface area contributed by atoms with Crippen LogP contribution in [0.5, 0.6) is 0 Å². The van der Waals surface area contributed by atoms with Crippen LogP contribution in [-0.2, 0) is 24.2 Å². The number of sulfone groups is 1. The van der Waals surface area contributed by atoms with E-state index in [-0.39, 0.29) is 24.6 Å². The quantitative estimate of drug-likeness (QED) is 0.614. The third-order valence-corrected chi connectivity index (χ3v) is 6.34. The van der Waals surface area contributed by atoms with Gasteiger partial charge in [0, 0.05) is 17.0 Å². The van der Waals surface area contributed by atoms with Gasteiger partial charge in [-0.05, 0) is 49.7 Å². The van der Waals surface area contributed by atoms with Gasteiger partial charge >= 0.3 is 5.97 Å². The van der Waals surface area contributed by atoms with Crippen LogP contribution in [0.1, 0.15) is 19.4 Å². The van der Waals surface area contributed by atoms with Crippen molar-refractivity contribution < 1.29 is 22.7 Å². The summed E-state index contributed by atoms with van der Waals surface area (Å²) in [6, 6.07) is 12.9. The highest BCUT2D eigenvalue weighted by atomic mass is 35.5. The van der Waals surface area contributed by atoms with Crippen LogP contribution in [0.2, 0.25) is 5.02 Å². The molecule has 1 atom stereocenters. The highest BCUT2D eigenvalue weighted by Crippen LogP contribution is 2.33. The van der Waals surface area contributed by atoms with E-state index in [0.717, 1.165) is 6.26 Å². The van der Waals surface area contributed by atoms with Gasteiger partial charge in [0.1, 0.15) is 12.0 Å². The lowest BCUT2D eigenvalue weighted by molar-refractivity contribution is -0.150. The summed E-state index contributed by atoms with van der Waals surface area (Å²) in [7, 11) is -3.40. The minimum Gasteiger partial charge on any atom is -0.465 e. The molecule has 0 saturated carbocycles. The average Bonchev–Trinajstić information content (AvgIpc) is 3.05. The fraction of sp³-hybridized carbons (Fsp3) is 0.318. The van der Waals surface area contributed by atoms with Crippen molar-refractivity contribution in [3.63, 3.8) is 0 Å². The van der Waals surface area contributed by atoms with Crippen LogP contribution in [0.3, 0.4) is 0 Å². The zero-order chi connectivity index (χ0) is 23.5. The number of amides is 1. The maximum atomic E-state index is 12.8. The third kappa shape index (κ3) is 5.28. The van der Waals surface area contributed by atoms with Crippen LogP contribution in [-0.4, -0.2) is 57.0 Å². The first-order chi connectivity index (χ1) is 15.0. The highest BCUT2D eigenvalue weighted by Gasteiger charge is 2.47. The second-order valence-electron chi connectivity index (χ2n) is 7.68. The van der Waals surface area contributed by atoms with Crippen LogP contribution in [0, 0.1) is 5.41 Å². The number of nitrogens with one attached hydrogen (secondary N) is 1. The molecule has 1 aliphatic rings. The first kappa shape index (κ1) is 23.7. The number of halogens is 1. The summed E-state index contributed by atoms with van der Waals surface area (Å²) in [5.74, 6) is -0.833. The van der Waals surface area contributed by atoms with Gasteiger partial charge in [-0.15, -0.1) is 0 Å². The standard InChI is InChI=1S/C22H24ClN3O5S/c1-4-31-21(28)22(2)14-26(25-20(22)15-8-10-16(23)11-9-15)13-19(27)24-17-6-5-7-18(12-17)32(3,29)30/h5-12H,4,13-14H2,1-3H3,(H,24,27). The number of benzene rings is 2. The van der Waals surface area contributed by atoms with E-state index in [0.29, 0.717) is 22.0 Å². The first-order valence-corrected chi connectivity index (χ1v) is 12.2. The normalized spacial score (nSPS) is 18.2. The molecule has 0 aromatic heterocycles. The van der Waals surface area contributed by atoms with Crippen molar-refractivity contribution in [1.29, 1.82) is 0 Å². The van der Waals surface area contributed by atoms with Crippen molar-refractivity contribution in [2.75, 3.05) is 31.3 Å². The predicted molar refractivity (Wildman–Crippen MR) is 122 cm³/mol. The van der Waals surface area contributed by atoms with E-state index >= 15 is 0 Å². The Kier molecular flexibility index (Phi) is 6.90. The molecule has 0 saturated heterocycles. The molecule has 1 unspecified atom stereocenters. The second-order valence-corrected chi connectivity index (χ2v) is 10.1. The summed E-state index contributed by atoms with van der Waals surface area (Å²) in [5.41, 5.74) is 0.473. The Morgan fingerprint density at radius 3 is 2.53 bits per heavy atom. The Hall–Kier alpha value is -2.91. The summed E-state index contributed by atoms with van der Waals surface area (Å²) in [4.78, 5) is 25.5. The third-order valence-electron chi connectivity index (χ3n) is 4.98. The molecule has 0 bridgehead atoms. The van der Waals surface area contributed by atoms with Gasteiger partial charge in [0.2, 0.25) is 5.91 Å². The Morgan fingerprint density at radius 2 is 1.91 bits per heavy atom. The number of hydrogen-bond acceptors (Lipinski definition) is 7. The number of hydrogen-bond donors (Lipinski definition) is 1. The van der Waals surface area contributed by atoms with Gasteiger partial charge in [0.25, 0.3) is 0 Å². The Bertz CT molecular complexity index is 1160. The van der Waals surface area contributed by atoms with E-state index < -0.39 is 27.1 Å². The zero-order valence-corrected chi connectivity index (χ0v) is 19.5. The molecule has 1 N–H and O–H groups in total. The van der Waals surface area contributed by atoms with Crippen molar-refractivity contribution in [2.24, 2.45) is 10.5 Å². The highest BCUT2D eigenvalue weighted by molar-refractivity contribution is 7.90. The molecular formula is C22H24ClN3O5S. The molecule has 1 amide bonds. The molecule has 1 aliphatic heterocycles. The molecule has 2 aromatic carbocycles. The molecule has 8 nitrogen and oxygen atoms in total. The lowest BCUT2D eigenvalue weighted by Crippen LogP contribution is -2.41. The summed E-state index contributed by atoms with van der Waals surface area (Å²) in [5, 5.41) is 9.26. The van der Waals surface area contributed by atoms with E-state index in [1.807, 2.05) is 0 Å². The Morgan fingerprint density at radius 1 is 1.22 bits per heavy atom. The van der Waals surface area contributed by atoms with Crippen molar-refractivity contribution in [1.82, 2.24) is 5.01 Å². The molecule has 1 heterocycles. The monoisotopic (exact) mass is 477 g/mol. The largest absolute Gasteiger partial charge is 0.465 e. The van der Waals surface area contributed by atoms with Gasteiger partial charge in [-0.25, -0.2) is 8.42 Å². The number of hydrazone groups is 1. The van der Waals surface area contributed by atoms with E-state index in [2.05, 4.69) is 10.4 Å². The molecule has 0 radical (unpaired) electrons. The zero-order valence-electron chi connectivity index (χ0n) is 18.0. The number of rotatable bonds is 7. The smallest absolute Gasteiger partial charge is 0.319 e. The molecule has 0 aliphatic carbocycles. The predicted octanol–water partition coefficient (Wildman–Crippen LogP) is 2.97. The van der Waals surface area contributed by atoms with E-state index in [1.165, 1.54) is 17.1 Å². The fourth-order valence-corrected chi connectivity index (χ4v) is 4.22. The van der Waals surface area contributed by atoms with Crippen molar-refractivity contribution >= 4 is 44.7 Å². The maximum Gasteiger partial charge on any atom is 0.319 e. The number of ether oxygens (including phenoxy) is 1. The Labute approximate surface area is 192 Å². The van der Waals surface area contributed by atoms with Gasteiger partial charge in [0.15, 0.2) is 9.84 Å².